The number of rotatable bonds is 8. The van der Waals surface area contributed by atoms with Crippen molar-refractivity contribution in [3.8, 4) is 0 Å². The van der Waals surface area contributed by atoms with Crippen LogP contribution in [0.2, 0.25) is 0 Å². The van der Waals surface area contributed by atoms with Crippen LogP contribution >= 0.6 is 12.2 Å². The summed E-state index contributed by atoms with van der Waals surface area (Å²) in [6.45, 7) is 5.48. The van der Waals surface area contributed by atoms with Gasteiger partial charge in [-0.15, -0.1) is 0 Å². The third-order valence-electron chi connectivity index (χ3n) is 2.54. The summed E-state index contributed by atoms with van der Waals surface area (Å²) in [5.74, 6) is 2.44. The fourth-order valence-electron chi connectivity index (χ4n) is 1.72. The smallest absolute Gasteiger partial charge is 0.131 e. The van der Waals surface area contributed by atoms with Crippen LogP contribution in [0.15, 0.2) is 6.07 Å². The highest BCUT2D eigenvalue weighted by atomic mass is 32.1. The molecule has 0 unspecified atom stereocenters. The van der Waals surface area contributed by atoms with Gasteiger partial charge in [-0.05, 0) is 25.2 Å². The van der Waals surface area contributed by atoms with E-state index in [1.807, 2.05) is 6.07 Å². The molecule has 18 heavy (non-hydrogen) atoms. The molecular weight excluding hydrogens is 246 g/mol. The van der Waals surface area contributed by atoms with Crippen LogP contribution < -0.4 is 5.32 Å². The summed E-state index contributed by atoms with van der Waals surface area (Å²) in [5.41, 5.74) is 0. The molecule has 3 N–H and O–H groups in total. The fourth-order valence-corrected chi connectivity index (χ4v) is 1.95. The Labute approximate surface area is 114 Å². The predicted molar refractivity (Wildman–Crippen MR) is 77.4 cm³/mol. The van der Waals surface area contributed by atoms with Crippen molar-refractivity contribution in [1.82, 2.24) is 9.97 Å². The lowest BCUT2D eigenvalue weighted by Gasteiger charge is -2.09. The average molecular weight is 269 g/mol. The molecule has 0 saturated heterocycles. The first-order valence-electron chi connectivity index (χ1n) is 6.56. The van der Waals surface area contributed by atoms with Crippen LogP contribution in [0, 0.1) is 10.6 Å². The quantitative estimate of drug-likeness (QED) is 0.501. The first-order valence-corrected chi connectivity index (χ1v) is 6.97. The van der Waals surface area contributed by atoms with Crippen molar-refractivity contribution in [3.63, 3.8) is 0 Å². The van der Waals surface area contributed by atoms with E-state index in [4.69, 9.17) is 17.3 Å². The molecule has 0 fully saturated rings. The molecule has 1 aromatic rings. The van der Waals surface area contributed by atoms with Crippen molar-refractivity contribution in [2.75, 3.05) is 18.5 Å². The number of aliphatic hydroxyl groups excluding tert-OH is 1. The van der Waals surface area contributed by atoms with Crippen molar-refractivity contribution < 1.29 is 5.11 Å². The topological polar surface area (TPSA) is 60.9 Å². The Morgan fingerprint density at radius 1 is 1.39 bits per heavy atom. The Morgan fingerprint density at radius 3 is 2.83 bits per heavy atom. The molecule has 0 spiro atoms. The third kappa shape index (κ3) is 6.12. The van der Waals surface area contributed by atoms with Crippen molar-refractivity contribution in [1.29, 1.82) is 0 Å². The minimum absolute atomic E-state index is 0.274. The Balaban J connectivity index is 2.49. The maximum Gasteiger partial charge on any atom is 0.131 e. The summed E-state index contributed by atoms with van der Waals surface area (Å²) in [4.78, 5) is 7.59. The predicted octanol–water partition coefficient (Wildman–Crippen LogP) is 2.91. The highest BCUT2D eigenvalue weighted by Gasteiger charge is 2.02. The standard InChI is InChI=1S/C13H23N3OS/c1-10(2)8-12-15-11(9-13(18)16-12)14-6-4-3-5-7-17/h9-10,17H,3-8H2,1-2H3,(H2,14,15,16,18). The zero-order valence-corrected chi connectivity index (χ0v) is 12.0. The van der Waals surface area contributed by atoms with Crippen molar-refractivity contribution in [2.45, 2.75) is 39.5 Å². The number of aromatic nitrogens is 2. The minimum Gasteiger partial charge on any atom is -0.396 e. The summed E-state index contributed by atoms with van der Waals surface area (Å²) in [6.07, 6.45) is 3.85. The van der Waals surface area contributed by atoms with Crippen molar-refractivity contribution in [2.24, 2.45) is 5.92 Å². The molecule has 0 amide bonds. The van der Waals surface area contributed by atoms with Gasteiger partial charge in [0.15, 0.2) is 0 Å². The van der Waals surface area contributed by atoms with Gasteiger partial charge in [0.05, 0.1) is 0 Å². The number of aromatic amines is 1. The second-order valence-electron chi connectivity index (χ2n) is 4.89. The van der Waals surface area contributed by atoms with Crippen molar-refractivity contribution in [3.05, 3.63) is 16.5 Å². The number of hydrogen-bond donors (Lipinski definition) is 3. The van der Waals surface area contributed by atoms with Crippen LogP contribution in [0.4, 0.5) is 5.82 Å². The normalized spacial score (nSPS) is 10.9. The number of anilines is 1. The Hall–Kier alpha value is -0.940. The number of nitrogens with one attached hydrogen (secondary N) is 2. The molecule has 5 heteroatoms. The van der Waals surface area contributed by atoms with Gasteiger partial charge in [0, 0.05) is 25.6 Å². The molecule has 1 rings (SSSR count). The van der Waals surface area contributed by atoms with Gasteiger partial charge in [-0.1, -0.05) is 26.1 Å². The van der Waals surface area contributed by atoms with E-state index < -0.39 is 0 Å². The number of hydrogen-bond acceptors (Lipinski definition) is 4. The van der Waals surface area contributed by atoms with Crippen LogP contribution in [0.25, 0.3) is 0 Å². The molecule has 102 valence electrons. The van der Waals surface area contributed by atoms with Crippen LogP contribution in [0.1, 0.15) is 38.9 Å². The summed E-state index contributed by atoms with van der Waals surface area (Å²) in [5, 5.41) is 12.0. The maximum absolute atomic E-state index is 8.69. The van der Waals surface area contributed by atoms with Crippen molar-refractivity contribution >= 4 is 18.0 Å². The number of nitrogens with zero attached hydrogens (tertiary/aromatic N) is 1. The van der Waals surface area contributed by atoms with E-state index in [0.717, 1.165) is 43.9 Å². The van der Waals surface area contributed by atoms with Gasteiger partial charge in [0.1, 0.15) is 16.3 Å². The van der Waals surface area contributed by atoms with Crippen LogP contribution in [0.3, 0.4) is 0 Å². The third-order valence-corrected chi connectivity index (χ3v) is 2.75. The Kier molecular flexibility index (Phi) is 6.90. The molecule has 0 aliphatic carbocycles. The Morgan fingerprint density at radius 2 is 2.17 bits per heavy atom. The first kappa shape index (κ1) is 15.1. The van der Waals surface area contributed by atoms with E-state index in [0.29, 0.717) is 10.6 Å². The molecule has 0 aliphatic rings. The summed E-state index contributed by atoms with van der Waals surface area (Å²) >= 11 is 5.16. The lowest BCUT2D eigenvalue weighted by Crippen LogP contribution is -2.07. The Bertz CT molecular complexity index is 403. The molecule has 4 nitrogen and oxygen atoms in total. The zero-order chi connectivity index (χ0) is 13.4. The van der Waals surface area contributed by atoms with Gasteiger partial charge < -0.3 is 15.4 Å². The molecule has 1 aromatic heterocycles. The lowest BCUT2D eigenvalue weighted by molar-refractivity contribution is 0.283. The van der Waals surface area contributed by atoms with E-state index in [1.165, 1.54) is 0 Å². The second-order valence-corrected chi connectivity index (χ2v) is 5.31. The fraction of sp³-hybridized carbons (Fsp3) is 0.692. The van der Waals surface area contributed by atoms with Crippen LogP contribution in [-0.2, 0) is 6.42 Å². The molecule has 0 saturated carbocycles. The van der Waals surface area contributed by atoms with Gasteiger partial charge in [0.25, 0.3) is 0 Å². The van der Waals surface area contributed by atoms with Gasteiger partial charge >= 0.3 is 0 Å². The molecule has 0 atom stereocenters. The van der Waals surface area contributed by atoms with Gasteiger partial charge in [-0.2, -0.15) is 0 Å². The lowest BCUT2D eigenvalue weighted by atomic mass is 10.1. The largest absolute Gasteiger partial charge is 0.396 e. The first-order chi connectivity index (χ1) is 8.61. The zero-order valence-electron chi connectivity index (χ0n) is 11.2. The highest BCUT2D eigenvalue weighted by Crippen LogP contribution is 2.08. The molecule has 0 radical (unpaired) electrons. The molecule has 0 aliphatic heterocycles. The summed E-state index contributed by atoms with van der Waals surface area (Å²) in [6, 6.07) is 1.85. The van der Waals surface area contributed by atoms with Crippen LogP contribution in [-0.4, -0.2) is 28.2 Å². The summed E-state index contributed by atoms with van der Waals surface area (Å²) < 4.78 is 0.627. The highest BCUT2D eigenvalue weighted by molar-refractivity contribution is 7.71. The molecule has 1 heterocycles. The van der Waals surface area contributed by atoms with E-state index in [1.54, 1.807) is 0 Å². The van der Waals surface area contributed by atoms with Crippen LogP contribution in [0.5, 0.6) is 0 Å². The molecule has 0 aromatic carbocycles. The van der Waals surface area contributed by atoms with Gasteiger partial charge in [0.2, 0.25) is 0 Å². The second kappa shape index (κ2) is 8.21. The van der Waals surface area contributed by atoms with E-state index >= 15 is 0 Å². The van der Waals surface area contributed by atoms with E-state index in [2.05, 4.69) is 29.1 Å². The van der Waals surface area contributed by atoms with E-state index in [9.17, 15) is 0 Å². The average Bonchev–Trinajstić information content (AvgIpc) is 2.27. The number of unbranched alkanes of at least 4 members (excludes halogenated alkanes) is 2. The van der Waals surface area contributed by atoms with Gasteiger partial charge in [-0.25, -0.2) is 4.98 Å². The molecular formula is C13H23N3OS. The van der Waals surface area contributed by atoms with Gasteiger partial charge in [-0.3, -0.25) is 0 Å². The number of aliphatic hydroxyl groups is 1. The molecule has 0 bridgehead atoms. The number of H-pyrrole nitrogens is 1. The monoisotopic (exact) mass is 269 g/mol. The summed E-state index contributed by atoms with van der Waals surface area (Å²) in [7, 11) is 0. The maximum atomic E-state index is 8.69. The minimum atomic E-state index is 0.274. The van der Waals surface area contributed by atoms with E-state index in [-0.39, 0.29) is 6.61 Å². The SMILES string of the molecule is CC(C)Cc1nc(=S)cc(NCCCCCO)[nH]1.